The predicted octanol–water partition coefficient (Wildman–Crippen LogP) is 1.05. The van der Waals surface area contributed by atoms with E-state index in [1.54, 1.807) is 4.90 Å². The number of amides is 2. The Hall–Kier alpha value is -2.98. The van der Waals surface area contributed by atoms with Crippen molar-refractivity contribution in [3.05, 3.63) is 60.4 Å². The van der Waals surface area contributed by atoms with Crippen molar-refractivity contribution in [2.45, 2.75) is 17.4 Å². The smallest absolute Gasteiger partial charge is 0.243 e. The number of sulfonamides is 1. The second kappa shape index (κ2) is 9.25. The van der Waals surface area contributed by atoms with Crippen LogP contribution in [0.4, 0.5) is 10.1 Å². The maximum atomic E-state index is 13.2. The lowest BCUT2D eigenvalue weighted by Crippen LogP contribution is -2.59. The quantitative estimate of drug-likeness (QED) is 0.721. The summed E-state index contributed by atoms with van der Waals surface area (Å²) in [5, 5.41) is 2.65. The Morgan fingerprint density at radius 1 is 0.969 bits per heavy atom. The van der Waals surface area contributed by atoms with Gasteiger partial charge in [-0.05, 0) is 36.4 Å². The number of halogens is 1. The molecule has 0 aliphatic carbocycles. The number of nitrogens with zero attached hydrogens (tertiary/aromatic N) is 3. The summed E-state index contributed by atoms with van der Waals surface area (Å²) in [6, 6.07) is 13.2. The Kier molecular flexibility index (Phi) is 6.43. The van der Waals surface area contributed by atoms with E-state index in [-0.39, 0.29) is 30.3 Å². The van der Waals surface area contributed by atoms with E-state index in [1.807, 2.05) is 30.3 Å². The minimum Gasteiger partial charge on any atom is -0.368 e. The van der Waals surface area contributed by atoms with Crippen molar-refractivity contribution in [3.8, 4) is 0 Å². The Labute approximate surface area is 186 Å². The Morgan fingerprint density at radius 2 is 1.62 bits per heavy atom. The largest absolute Gasteiger partial charge is 0.368 e. The fraction of sp³-hybridized carbons (Fsp3) is 0.364. The van der Waals surface area contributed by atoms with Crippen LogP contribution in [0.2, 0.25) is 0 Å². The SMILES string of the molecule is O=C1NCCN(S(=O)(=O)c2ccc(F)cc2)C1CC(=O)N1CCN(c2ccccc2)CC1. The molecule has 170 valence electrons. The third kappa shape index (κ3) is 4.61. The summed E-state index contributed by atoms with van der Waals surface area (Å²) in [6.07, 6.45) is -0.238. The van der Waals surface area contributed by atoms with Gasteiger partial charge in [0.1, 0.15) is 11.9 Å². The van der Waals surface area contributed by atoms with E-state index in [2.05, 4.69) is 10.2 Å². The van der Waals surface area contributed by atoms with Crippen molar-refractivity contribution in [2.75, 3.05) is 44.2 Å². The van der Waals surface area contributed by atoms with Gasteiger partial charge in [0.25, 0.3) is 0 Å². The molecule has 2 saturated heterocycles. The van der Waals surface area contributed by atoms with E-state index in [4.69, 9.17) is 0 Å². The molecule has 2 heterocycles. The van der Waals surface area contributed by atoms with E-state index in [1.165, 1.54) is 12.1 Å². The molecule has 1 N–H and O–H groups in total. The number of carbonyl (C=O) groups excluding carboxylic acids is 2. The average Bonchev–Trinajstić information content (AvgIpc) is 2.81. The van der Waals surface area contributed by atoms with Gasteiger partial charge in [0.05, 0.1) is 11.3 Å². The summed E-state index contributed by atoms with van der Waals surface area (Å²) in [7, 11) is -4.06. The van der Waals surface area contributed by atoms with Crippen molar-refractivity contribution in [2.24, 2.45) is 0 Å². The monoisotopic (exact) mass is 460 g/mol. The highest BCUT2D eigenvalue weighted by Gasteiger charge is 2.40. The van der Waals surface area contributed by atoms with Crippen molar-refractivity contribution in [1.29, 1.82) is 0 Å². The van der Waals surface area contributed by atoms with E-state index in [9.17, 15) is 22.4 Å². The summed E-state index contributed by atoms with van der Waals surface area (Å²) >= 11 is 0. The van der Waals surface area contributed by atoms with Crippen LogP contribution in [-0.4, -0.2) is 74.7 Å². The second-order valence-electron chi connectivity index (χ2n) is 7.78. The number of para-hydroxylation sites is 1. The molecule has 10 heteroatoms. The first-order chi connectivity index (χ1) is 15.4. The lowest BCUT2D eigenvalue weighted by molar-refractivity contribution is -0.137. The fourth-order valence-corrected chi connectivity index (χ4v) is 5.65. The van der Waals surface area contributed by atoms with Crippen molar-refractivity contribution in [1.82, 2.24) is 14.5 Å². The zero-order valence-electron chi connectivity index (χ0n) is 17.5. The topological polar surface area (TPSA) is 90.0 Å². The lowest BCUT2D eigenvalue weighted by Gasteiger charge is -2.38. The van der Waals surface area contributed by atoms with Crippen molar-refractivity contribution in [3.63, 3.8) is 0 Å². The van der Waals surface area contributed by atoms with Gasteiger partial charge in [-0.1, -0.05) is 18.2 Å². The van der Waals surface area contributed by atoms with Gasteiger partial charge in [-0.2, -0.15) is 4.31 Å². The molecule has 4 rings (SSSR count). The number of rotatable bonds is 5. The van der Waals surface area contributed by atoms with Crippen LogP contribution in [-0.2, 0) is 19.6 Å². The molecule has 0 spiro atoms. The number of piperazine rings is 2. The molecule has 1 atom stereocenters. The average molecular weight is 461 g/mol. The molecule has 0 bridgehead atoms. The number of anilines is 1. The molecule has 8 nitrogen and oxygen atoms in total. The summed E-state index contributed by atoms with van der Waals surface area (Å²) in [4.78, 5) is 29.2. The minimum absolute atomic E-state index is 0.0468. The predicted molar refractivity (Wildman–Crippen MR) is 117 cm³/mol. The molecule has 2 aromatic rings. The Bertz CT molecular complexity index is 1070. The first-order valence-corrected chi connectivity index (χ1v) is 11.9. The van der Waals surface area contributed by atoms with Gasteiger partial charge in [-0.25, -0.2) is 12.8 Å². The van der Waals surface area contributed by atoms with Gasteiger partial charge in [0.2, 0.25) is 21.8 Å². The molecule has 2 amide bonds. The molecule has 32 heavy (non-hydrogen) atoms. The highest BCUT2D eigenvalue weighted by atomic mass is 32.2. The van der Waals surface area contributed by atoms with Crippen LogP contribution in [0.1, 0.15) is 6.42 Å². The standard InChI is InChI=1S/C22H25FN4O4S/c23-17-6-8-19(9-7-17)32(30,31)27-11-10-24-22(29)20(27)16-21(28)26-14-12-25(13-15-26)18-4-2-1-3-5-18/h1-9,20H,10-16H2,(H,24,29). The number of hydrogen-bond acceptors (Lipinski definition) is 5. The Balaban J connectivity index is 1.45. The van der Waals surface area contributed by atoms with E-state index < -0.39 is 27.8 Å². The Morgan fingerprint density at radius 3 is 2.28 bits per heavy atom. The van der Waals surface area contributed by atoms with E-state index >= 15 is 0 Å². The zero-order valence-corrected chi connectivity index (χ0v) is 18.3. The molecule has 0 aromatic heterocycles. The summed E-state index contributed by atoms with van der Waals surface area (Å²) in [5.41, 5.74) is 1.09. The maximum absolute atomic E-state index is 13.2. The summed E-state index contributed by atoms with van der Waals surface area (Å²) in [6.45, 7) is 2.50. The van der Waals surface area contributed by atoms with Crippen molar-refractivity contribution < 1.29 is 22.4 Å². The fourth-order valence-electron chi connectivity index (χ4n) is 4.07. The minimum atomic E-state index is -4.06. The van der Waals surface area contributed by atoms with Crippen LogP contribution >= 0.6 is 0 Å². The first-order valence-electron chi connectivity index (χ1n) is 10.5. The van der Waals surface area contributed by atoms with Gasteiger partial charge in [0.15, 0.2) is 0 Å². The summed E-state index contributed by atoms with van der Waals surface area (Å²) in [5.74, 6) is -1.32. The number of benzene rings is 2. The number of hydrogen-bond donors (Lipinski definition) is 1. The number of nitrogens with one attached hydrogen (secondary N) is 1. The van der Waals surface area contributed by atoms with Gasteiger partial charge in [-0.3, -0.25) is 9.59 Å². The van der Waals surface area contributed by atoms with Gasteiger partial charge in [0, 0.05) is 45.0 Å². The highest BCUT2D eigenvalue weighted by molar-refractivity contribution is 7.89. The molecule has 1 unspecified atom stereocenters. The normalized spacial score (nSPS) is 20.2. The number of carbonyl (C=O) groups is 2. The molecule has 2 fully saturated rings. The van der Waals surface area contributed by atoms with Crippen LogP contribution in [0.15, 0.2) is 59.5 Å². The van der Waals surface area contributed by atoms with Crippen LogP contribution < -0.4 is 10.2 Å². The lowest BCUT2D eigenvalue weighted by atomic mass is 10.1. The molecular weight excluding hydrogens is 435 g/mol. The second-order valence-corrected chi connectivity index (χ2v) is 9.67. The van der Waals surface area contributed by atoms with Crippen molar-refractivity contribution >= 4 is 27.5 Å². The molecule has 0 radical (unpaired) electrons. The van der Waals surface area contributed by atoms with Gasteiger partial charge >= 0.3 is 0 Å². The van der Waals surface area contributed by atoms with E-state index in [0.29, 0.717) is 26.2 Å². The third-order valence-corrected chi connectivity index (χ3v) is 7.75. The molecule has 2 aliphatic heterocycles. The first kappa shape index (κ1) is 22.2. The molecular formula is C22H25FN4O4S. The highest BCUT2D eigenvalue weighted by Crippen LogP contribution is 2.23. The van der Waals surface area contributed by atoms with Crippen LogP contribution in [0.3, 0.4) is 0 Å². The van der Waals surface area contributed by atoms with Crippen LogP contribution in [0.25, 0.3) is 0 Å². The molecule has 2 aliphatic rings. The van der Waals surface area contributed by atoms with E-state index in [0.717, 1.165) is 22.1 Å². The van der Waals surface area contributed by atoms with Crippen LogP contribution in [0.5, 0.6) is 0 Å². The van der Waals surface area contributed by atoms with Gasteiger partial charge in [-0.15, -0.1) is 0 Å². The zero-order chi connectivity index (χ0) is 22.7. The third-order valence-electron chi connectivity index (χ3n) is 5.82. The summed E-state index contributed by atoms with van der Waals surface area (Å²) < 4.78 is 40.5. The van der Waals surface area contributed by atoms with Crippen LogP contribution in [0, 0.1) is 5.82 Å². The maximum Gasteiger partial charge on any atom is 0.243 e. The molecule has 2 aromatic carbocycles. The molecule has 0 saturated carbocycles. The van der Waals surface area contributed by atoms with Gasteiger partial charge < -0.3 is 15.1 Å².